The van der Waals surface area contributed by atoms with E-state index in [0.717, 1.165) is 6.07 Å². The molecule has 0 saturated carbocycles. The molecule has 1 nitrogen and oxygen atoms in total. The molecule has 1 aromatic carbocycles. The van der Waals surface area contributed by atoms with Crippen molar-refractivity contribution in [2.45, 2.75) is 19.6 Å². The Kier molecular flexibility index (Phi) is 3.68. The summed E-state index contributed by atoms with van der Waals surface area (Å²) in [6.07, 6.45) is -4.63. The molecule has 0 heterocycles. The van der Waals surface area contributed by atoms with Crippen molar-refractivity contribution in [2.24, 2.45) is 0 Å². The van der Waals surface area contributed by atoms with Crippen LogP contribution in [0.1, 0.15) is 18.1 Å². The molecular formula is C10H11F4N. The summed E-state index contributed by atoms with van der Waals surface area (Å²) in [5, 5.41) is 2.78. The lowest BCUT2D eigenvalue weighted by molar-refractivity contribution is -0.140. The lowest BCUT2D eigenvalue weighted by Crippen LogP contribution is -2.16. The smallest absolute Gasteiger partial charge is 0.313 e. The van der Waals surface area contributed by atoms with Crippen molar-refractivity contribution >= 4 is 0 Å². The Morgan fingerprint density at radius 1 is 1.27 bits per heavy atom. The first-order chi connectivity index (χ1) is 6.96. The fourth-order valence-corrected chi connectivity index (χ4v) is 1.19. The van der Waals surface area contributed by atoms with Gasteiger partial charge in [0, 0.05) is 12.1 Å². The van der Waals surface area contributed by atoms with Gasteiger partial charge in [0.1, 0.15) is 5.82 Å². The second-order valence-corrected chi connectivity index (χ2v) is 3.06. The van der Waals surface area contributed by atoms with Crippen molar-refractivity contribution < 1.29 is 17.6 Å². The van der Waals surface area contributed by atoms with Gasteiger partial charge >= 0.3 is 6.18 Å². The summed E-state index contributed by atoms with van der Waals surface area (Å²) in [5.41, 5.74) is -1.18. The maximum Gasteiger partial charge on any atom is 0.419 e. The Bertz CT molecular complexity index is 333. The Labute approximate surface area is 85.1 Å². The van der Waals surface area contributed by atoms with E-state index in [2.05, 4.69) is 5.32 Å². The maximum absolute atomic E-state index is 13.3. The molecule has 0 radical (unpaired) electrons. The number of hydrogen-bond acceptors (Lipinski definition) is 1. The monoisotopic (exact) mass is 221 g/mol. The van der Waals surface area contributed by atoms with E-state index in [4.69, 9.17) is 0 Å². The quantitative estimate of drug-likeness (QED) is 0.774. The molecule has 0 amide bonds. The average Bonchev–Trinajstić information content (AvgIpc) is 2.14. The van der Waals surface area contributed by atoms with Gasteiger partial charge in [-0.1, -0.05) is 19.1 Å². The minimum atomic E-state index is -4.63. The third-order valence-corrected chi connectivity index (χ3v) is 1.95. The van der Waals surface area contributed by atoms with Crippen molar-refractivity contribution in [1.82, 2.24) is 5.32 Å². The van der Waals surface area contributed by atoms with Gasteiger partial charge in [-0.05, 0) is 12.6 Å². The number of alkyl halides is 3. The van der Waals surface area contributed by atoms with Gasteiger partial charge in [0.15, 0.2) is 0 Å². The van der Waals surface area contributed by atoms with E-state index >= 15 is 0 Å². The first-order valence-electron chi connectivity index (χ1n) is 4.52. The zero-order valence-corrected chi connectivity index (χ0v) is 8.16. The normalized spacial score (nSPS) is 11.8. The molecule has 84 valence electrons. The SMILES string of the molecule is CCNCc1cccc(C(F)(F)F)c1F. The van der Waals surface area contributed by atoms with E-state index in [9.17, 15) is 17.6 Å². The lowest BCUT2D eigenvalue weighted by atomic mass is 10.1. The Hall–Kier alpha value is -1.10. The minimum Gasteiger partial charge on any atom is -0.313 e. The number of rotatable bonds is 3. The third-order valence-electron chi connectivity index (χ3n) is 1.95. The molecule has 0 bridgehead atoms. The van der Waals surface area contributed by atoms with Crippen LogP contribution in [0.5, 0.6) is 0 Å². The van der Waals surface area contributed by atoms with Crippen molar-refractivity contribution in [3.63, 3.8) is 0 Å². The molecule has 0 aliphatic rings. The molecule has 1 N–H and O–H groups in total. The number of hydrogen-bond donors (Lipinski definition) is 1. The Morgan fingerprint density at radius 3 is 2.47 bits per heavy atom. The molecule has 1 aromatic rings. The molecule has 0 atom stereocenters. The van der Waals surface area contributed by atoms with E-state index in [1.54, 1.807) is 6.92 Å². The van der Waals surface area contributed by atoms with Crippen LogP contribution < -0.4 is 5.32 Å². The van der Waals surface area contributed by atoms with Crippen LogP contribution in [0, 0.1) is 5.82 Å². The summed E-state index contributed by atoms with van der Waals surface area (Å²) in [5.74, 6) is -1.19. The van der Waals surface area contributed by atoms with E-state index in [1.165, 1.54) is 12.1 Å². The first kappa shape index (κ1) is 12.0. The summed E-state index contributed by atoms with van der Waals surface area (Å²) in [6, 6.07) is 3.29. The van der Waals surface area contributed by atoms with Crippen LogP contribution in [0.25, 0.3) is 0 Å². The van der Waals surface area contributed by atoms with E-state index < -0.39 is 17.6 Å². The van der Waals surface area contributed by atoms with Gasteiger partial charge in [-0.3, -0.25) is 0 Å². The van der Waals surface area contributed by atoms with Crippen molar-refractivity contribution in [3.05, 3.63) is 35.1 Å². The second kappa shape index (κ2) is 4.61. The highest BCUT2D eigenvalue weighted by molar-refractivity contribution is 5.28. The highest BCUT2D eigenvalue weighted by Gasteiger charge is 2.34. The zero-order chi connectivity index (χ0) is 11.5. The molecule has 0 aliphatic heterocycles. The number of halogens is 4. The third kappa shape index (κ3) is 2.92. The molecule has 0 aromatic heterocycles. The van der Waals surface area contributed by atoms with Crippen molar-refractivity contribution in [3.8, 4) is 0 Å². The van der Waals surface area contributed by atoms with Crippen LogP contribution in [-0.4, -0.2) is 6.54 Å². The molecule has 5 heteroatoms. The fourth-order valence-electron chi connectivity index (χ4n) is 1.19. The molecular weight excluding hydrogens is 210 g/mol. The van der Waals surface area contributed by atoms with Gasteiger partial charge in [-0.25, -0.2) is 4.39 Å². The largest absolute Gasteiger partial charge is 0.419 e. The fraction of sp³-hybridized carbons (Fsp3) is 0.400. The van der Waals surface area contributed by atoms with Gasteiger partial charge in [0.25, 0.3) is 0 Å². The second-order valence-electron chi connectivity index (χ2n) is 3.06. The van der Waals surface area contributed by atoms with Gasteiger partial charge in [0.2, 0.25) is 0 Å². The van der Waals surface area contributed by atoms with Gasteiger partial charge < -0.3 is 5.32 Å². The van der Waals surface area contributed by atoms with Crippen molar-refractivity contribution in [1.29, 1.82) is 0 Å². The van der Waals surface area contributed by atoms with Crippen LogP contribution in [-0.2, 0) is 12.7 Å². The highest BCUT2D eigenvalue weighted by atomic mass is 19.4. The summed E-state index contributed by atoms with van der Waals surface area (Å²) >= 11 is 0. The topological polar surface area (TPSA) is 12.0 Å². The maximum atomic E-state index is 13.3. The van der Waals surface area contributed by atoms with E-state index in [1.807, 2.05) is 0 Å². The van der Waals surface area contributed by atoms with Gasteiger partial charge in [-0.15, -0.1) is 0 Å². The van der Waals surface area contributed by atoms with E-state index in [0.29, 0.717) is 6.54 Å². The predicted octanol–water partition coefficient (Wildman–Crippen LogP) is 2.95. The standard InChI is InChI=1S/C10H11F4N/c1-2-15-6-7-4-3-5-8(9(7)11)10(12,13)14/h3-5,15H,2,6H2,1H3. The first-order valence-corrected chi connectivity index (χ1v) is 4.52. The van der Waals surface area contributed by atoms with Crippen LogP contribution in [0.4, 0.5) is 17.6 Å². The highest BCUT2D eigenvalue weighted by Crippen LogP contribution is 2.32. The molecule has 0 spiro atoms. The number of nitrogens with one attached hydrogen (secondary N) is 1. The molecule has 0 fully saturated rings. The predicted molar refractivity (Wildman–Crippen MR) is 48.8 cm³/mol. The minimum absolute atomic E-state index is 0.0340. The Morgan fingerprint density at radius 2 is 1.93 bits per heavy atom. The molecule has 15 heavy (non-hydrogen) atoms. The molecule has 0 aliphatic carbocycles. The van der Waals surface area contributed by atoms with Crippen LogP contribution in [0.15, 0.2) is 18.2 Å². The molecule has 1 rings (SSSR count). The molecule has 0 saturated heterocycles. The summed E-state index contributed by atoms with van der Waals surface area (Å²) < 4.78 is 50.2. The van der Waals surface area contributed by atoms with Gasteiger partial charge in [-0.2, -0.15) is 13.2 Å². The summed E-state index contributed by atoms with van der Waals surface area (Å²) in [7, 11) is 0. The molecule has 0 unspecified atom stereocenters. The van der Waals surface area contributed by atoms with Crippen molar-refractivity contribution in [2.75, 3.05) is 6.54 Å². The Balaban J connectivity index is 3.01. The zero-order valence-electron chi connectivity index (χ0n) is 8.16. The van der Waals surface area contributed by atoms with Gasteiger partial charge in [0.05, 0.1) is 5.56 Å². The summed E-state index contributed by atoms with van der Waals surface area (Å²) in [4.78, 5) is 0. The average molecular weight is 221 g/mol. The van der Waals surface area contributed by atoms with E-state index in [-0.39, 0.29) is 12.1 Å². The lowest BCUT2D eigenvalue weighted by Gasteiger charge is -2.11. The number of benzene rings is 1. The van der Waals surface area contributed by atoms with Crippen LogP contribution in [0.2, 0.25) is 0 Å². The summed E-state index contributed by atoms with van der Waals surface area (Å²) in [6.45, 7) is 2.48. The van der Waals surface area contributed by atoms with Crippen LogP contribution in [0.3, 0.4) is 0 Å². The van der Waals surface area contributed by atoms with Crippen LogP contribution >= 0.6 is 0 Å².